The van der Waals surface area contributed by atoms with Crippen LogP contribution in [0.5, 0.6) is 0 Å². The van der Waals surface area contributed by atoms with Crippen molar-refractivity contribution >= 4 is 27.6 Å². The maximum atomic E-state index is 4.63. The Morgan fingerprint density at radius 2 is 2.20 bits per heavy atom. The van der Waals surface area contributed by atoms with Crippen LogP contribution in [-0.2, 0) is 0 Å². The van der Waals surface area contributed by atoms with Gasteiger partial charge in [-0.2, -0.15) is 0 Å². The quantitative estimate of drug-likeness (QED) is 0.627. The minimum absolute atomic E-state index is 1.08. The molecule has 0 saturated carbocycles. The van der Waals surface area contributed by atoms with Gasteiger partial charge in [0.2, 0.25) is 0 Å². The molecule has 0 unspecified atom stereocenters. The summed E-state index contributed by atoms with van der Waals surface area (Å²) in [4.78, 5) is 8.30. The van der Waals surface area contributed by atoms with Crippen molar-refractivity contribution in [1.29, 1.82) is 0 Å². The van der Waals surface area contributed by atoms with Crippen molar-refractivity contribution in [2.45, 2.75) is 13.8 Å². The van der Waals surface area contributed by atoms with E-state index in [1.165, 1.54) is 15.4 Å². The van der Waals surface area contributed by atoms with Crippen molar-refractivity contribution in [1.82, 2.24) is 9.38 Å². The van der Waals surface area contributed by atoms with Crippen molar-refractivity contribution in [2.75, 3.05) is 0 Å². The third kappa shape index (κ3) is 1.33. The van der Waals surface area contributed by atoms with E-state index in [2.05, 4.69) is 46.9 Å². The van der Waals surface area contributed by atoms with E-state index in [9.17, 15) is 0 Å². The predicted octanol–water partition coefficient (Wildman–Crippen LogP) is 3.74. The van der Waals surface area contributed by atoms with Gasteiger partial charge in [-0.05, 0) is 25.3 Å². The molecule has 0 atom stereocenters. The third-order valence-electron chi connectivity index (χ3n) is 2.56. The van der Waals surface area contributed by atoms with Crippen LogP contribution in [0.3, 0.4) is 0 Å². The molecule has 0 radical (unpaired) electrons. The van der Waals surface area contributed by atoms with Crippen LogP contribution in [0.2, 0.25) is 0 Å². The first-order valence-electron chi connectivity index (χ1n) is 4.74. The lowest BCUT2D eigenvalue weighted by molar-refractivity contribution is 1.11. The molecule has 0 aliphatic rings. The number of fused-ring (bicyclic) bond motifs is 1. The van der Waals surface area contributed by atoms with Crippen molar-refractivity contribution in [2.24, 2.45) is 0 Å². The van der Waals surface area contributed by atoms with Gasteiger partial charge in [0.05, 0.1) is 4.88 Å². The second-order valence-electron chi connectivity index (χ2n) is 3.50. The van der Waals surface area contributed by atoms with E-state index in [4.69, 9.17) is 0 Å². The van der Waals surface area contributed by atoms with E-state index in [0.29, 0.717) is 0 Å². The zero-order chi connectivity index (χ0) is 10.4. The molecule has 76 valence electrons. The Kier molecular flexibility index (Phi) is 1.94. The van der Waals surface area contributed by atoms with Crippen LogP contribution in [0.4, 0.5) is 0 Å². The zero-order valence-corrected chi connectivity index (χ0v) is 10.2. The van der Waals surface area contributed by atoms with E-state index in [1.54, 1.807) is 22.7 Å². The molecular weight excluding hydrogens is 224 g/mol. The van der Waals surface area contributed by atoms with Gasteiger partial charge in [0.1, 0.15) is 5.69 Å². The molecule has 15 heavy (non-hydrogen) atoms. The summed E-state index contributed by atoms with van der Waals surface area (Å²) in [5.41, 5.74) is 2.38. The van der Waals surface area contributed by atoms with Crippen LogP contribution in [0.15, 0.2) is 23.7 Å². The number of imidazole rings is 1. The van der Waals surface area contributed by atoms with Gasteiger partial charge < -0.3 is 0 Å². The highest BCUT2D eigenvalue weighted by atomic mass is 32.1. The number of thiophene rings is 1. The van der Waals surface area contributed by atoms with E-state index in [1.807, 2.05) is 0 Å². The Balaban J connectivity index is 2.24. The molecule has 0 N–H and O–H groups in total. The van der Waals surface area contributed by atoms with Crippen LogP contribution in [0.25, 0.3) is 15.5 Å². The van der Waals surface area contributed by atoms with Crippen molar-refractivity contribution in [3.63, 3.8) is 0 Å². The first kappa shape index (κ1) is 9.12. The van der Waals surface area contributed by atoms with Crippen molar-refractivity contribution in [3.8, 4) is 10.6 Å². The average molecular weight is 234 g/mol. The largest absolute Gasteiger partial charge is 0.294 e. The summed E-state index contributed by atoms with van der Waals surface area (Å²) in [6.07, 6.45) is 2.12. The normalized spacial score (nSPS) is 11.3. The van der Waals surface area contributed by atoms with Crippen LogP contribution in [-0.4, -0.2) is 9.38 Å². The fourth-order valence-electron chi connectivity index (χ4n) is 1.60. The van der Waals surface area contributed by atoms with Gasteiger partial charge in [-0.15, -0.1) is 22.7 Å². The summed E-state index contributed by atoms with van der Waals surface area (Å²) in [5.74, 6) is 0. The Morgan fingerprint density at radius 3 is 2.87 bits per heavy atom. The highest BCUT2D eigenvalue weighted by molar-refractivity contribution is 7.17. The molecule has 3 heterocycles. The Labute approximate surface area is 95.8 Å². The molecule has 0 amide bonds. The van der Waals surface area contributed by atoms with Crippen LogP contribution in [0, 0.1) is 13.8 Å². The Hall–Kier alpha value is -1.13. The number of nitrogens with zero attached hydrogens (tertiary/aromatic N) is 2. The molecule has 3 rings (SSSR count). The lowest BCUT2D eigenvalue weighted by Crippen LogP contribution is -1.81. The fraction of sp³-hybridized carbons (Fsp3) is 0.182. The molecule has 0 aliphatic heterocycles. The number of thiazole rings is 1. The maximum Gasteiger partial charge on any atom is 0.194 e. The molecule has 0 spiro atoms. The minimum atomic E-state index is 1.08. The maximum absolute atomic E-state index is 4.63. The number of rotatable bonds is 1. The Bertz CT molecular complexity index is 602. The molecule has 0 saturated heterocycles. The Morgan fingerprint density at radius 1 is 1.33 bits per heavy atom. The lowest BCUT2D eigenvalue weighted by Gasteiger charge is -1.90. The molecule has 0 aromatic carbocycles. The summed E-state index contributed by atoms with van der Waals surface area (Å²) in [6, 6.07) is 4.17. The smallest absolute Gasteiger partial charge is 0.194 e. The molecule has 0 fully saturated rings. The summed E-state index contributed by atoms with van der Waals surface area (Å²) < 4.78 is 2.18. The molecule has 0 bridgehead atoms. The highest BCUT2D eigenvalue weighted by Crippen LogP contribution is 2.28. The standard InChI is InChI=1S/C11H10N2S2/c1-7-8(2)15-11-12-9(6-13(7)11)10-4-3-5-14-10/h3-6H,1-2H3. The van der Waals surface area contributed by atoms with Gasteiger partial charge in [-0.3, -0.25) is 4.40 Å². The summed E-state index contributed by atoms with van der Waals surface area (Å²) in [6.45, 7) is 4.28. The van der Waals surface area contributed by atoms with Gasteiger partial charge in [0.25, 0.3) is 0 Å². The number of hydrogen-bond acceptors (Lipinski definition) is 3. The van der Waals surface area contributed by atoms with Crippen LogP contribution >= 0.6 is 22.7 Å². The SMILES string of the molecule is Cc1sc2nc(-c3cccs3)cn2c1C. The summed E-state index contributed by atoms with van der Waals surface area (Å²) in [5, 5.41) is 2.08. The van der Waals surface area contributed by atoms with E-state index >= 15 is 0 Å². The predicted molar refractivity (Wildman–Crippen MR) is 65.9 cm³/mol. The zero-order valence-electron chi connectivity index (χ0n) is 8.52. The number of hydrogen-bond donors (Lipinski definition) is 0. The molecule has 0 aliphatic carbocycles. The van der Waals surface area contributed by atoms with Crippen LogP contribution < -0.4 is 0 Å². The summed E-state index contributed by atoms with van der Waals surface area (Å²) in [7, 11) is 0. The molecule has 3 aromatic heterocycles. The van der Waals surface area contributed by atoms with E-state index in [0.717, 1.165) is 10.7 Å². The van der Waals surface area contributed by atoms with Gasteiger partial charge in [0, 0.05) is 16.8 Å². The molecule has 3 aromatic rings. The fourth-order valence-corrected chi connectivity index (χ4v) is 3.23. The molecule has 4 heteroatoms. The molecular formula is C11H10N2S2. The van der Waals surface area contributed by atoms with Gasteiger partial charge >= 0.3 is 0 Å². The topological polar surface area (TPSA) is 17.3 Å². The second kappa shape index (κ2) is 3.18. The van der Waals surface area contributed by atoms with Gasteiger partial charge in [-0.1, -0.05) is 6.07 Å². The first-order chi connectivity index (χ1) is 7.25. The number of aromatic nitrogens is 2. The van der Waals surface area contributed by atoms with Crippen LogP contribution in [0.1, 0.15) is 10.6 Å². The second-order valence-corrected chi connectivity index (χ2v) is 5.63. The minimum Gasteiger partial charge on any atom is -0.294 e. The monoisotopic (exact) mass is 234 g/mol. The van der Waals surface area contributed by atoms with Crippen molar-refractivity contribution < 1.29 is 0 Å². The molecule has 2 nitrogen and oxygen atoms in total. The van der Waals surface area contributed by atoms with Gasteiger partial charge in [-0.25, -0.2) is 4.98 Å². The number of aryl methyl sites for hydroxylation is 2. The highest BCUT2D eigenvalue weighted by Gasteiger charge is 2.10. The van der Waals surface area contributed by atoms with E-state index < -0.39 is 0 Å². The van der Waals surface area contributed by atoms with Crippen molar-refractivity contribution in [3.05, 3.63) is 34.3 Å². The average Bonchev–Trinajstić information content (AvgIpc) is 2.86. The third-order valence-corrected chi connectivity index (χ3v) is 4.53. The van der Waals surface area contributed by atoms with Gasteiger partial charge in [0.15, 0.2) is 4.96 Å². The van der Waals surface area contributed by atoms with E-state index in [-0.39, 0.29) is 0 Å². The summed E-state index contributed by atoms with van der Waals surface area (Å²) >= 11 is 3.49. The lowest BCUT2D eigenvalue weighted by atomic mass is 10.4. The first-order valence-corrected chi connectivity index (χ1v) is 6.44.